The van der Waals surface area contributed by atoms with Gasteiger partial charge in [-0.05, 0) is 18.7 Å². The number of hydrogen-bond acceptors (Lipinski definition) is 13. The zero-order valence-corrected chi connectivity index (χ0v) is 15.8. The lowest BCUT2D eigenvalue weighted by molar-refractivity contribution is -0.338. The standard InChI is InChI=1S/C15H26O12S/c1-2-24-15(23)28-14-11(22)9(20)12(6(4-17)26-14)27-13-10(21)8(19)7(18)5(3-16)25-13/h5-14,16-22H,2-4H2,1H3/t5-,6-,7+,8+,9-,10-,11-,12-,13?,14?/m1/s1. The van der Waals surface area contributed by atoms with Gasteiger partial charge in [0.2, 0.25) is 0 Å². The summed E-state index contributed by atoms with van der Waals surface area (Å²) in [6, 6.07) is 0. The molecule has 0 aromatic carbocycles. The highest BCUT2D eigenvalue weighted by Crippen LogP contribution is 2.33. The molecular weight excluding hydrogens is 404 g/mol. The number of hydrogen-bond donors (Lipinski definition) is 7. The van der Waals surface area contributed by atoms with Crippen molar-refractivity contribution < 1.29 is 59.5 Å². The quantitative estimate of drug-likeness (QED) is 0.205. The summed E-state index contributed by atoms with van der Waals surface area (Å²) in [5.74, 6) is 0. The largest absolute Gasteiger partial charge is 0.458 e. The fraction of sp³-hybridized carbons (Fsp3) is 0.933. The summed E-state index contributed by atoms with van der Waals surface area (Å²) in [7, 11) is 0. The van der Waals surface area contributed by atoms with Gasteiger partial charge in [-0.1, -0.05) is 0 Å². The summed E-state index contributed by atoms with van der Waals surface area (Å²) in [6.07, 6.45) is -13.8. The molecule has 28 heavy (non-hydrogen) atoms. The lowest BCUT2D eigenvalue weighted by Gasteiger charge is -2.45. The molecule has 164 valence electrons. The van der Waals surface area contributed by atoms with Crippen molar-refractivity contribution in [1.29, 1.82) is 0 Å². The molecule has 7 N–H and O–H groups in total. The van der Waals surface area contributed by atoms with E-state index in [1.54, 1.807) is 6.92 Å². The van der Waals surface area contributed by atoms with Crippen LogP contribution >= 0.6 is 11.8 Å². The van der Waals surface area contributed by atoms with Crippen LogP contribution in [0.3, 0.4) is 0 Å². The first kappa shape index (κ1) is 23.7. The van der Waals surface area contributed by atoms with Crippen molar-refractivity contribution in [2.45, 2.75) is 67.5 Å². The summed E-state index contributed by atoms with van der Waals surface area (Å²) >= 11 is 0.483. The third-order valence-electron chi connectivity index (χ3n) is 4.43. The topological polar surface area (TPSA) is 196 Å². The molecular formula is C15H26O12S. The fourth-order valence-corrected chi connectivity index (χ4v) is 3.77. The van der Waals surface area contributed by atoms with Crippen LogP contribution in [0.25, 0.3) is 0 Å². The molecule has 0 radical (unpaired) electrons. The number of thioether (sulfide) groups is 1. The molecule has 2 fully saturated rings. The highest BCUT2D eigenvalue weighted by atomic mass is 32.2. The molecule has 0 aliphatic carbocycles. The van der Waals surface area contributed by atoms with Gasteiger partial charge in [0, 0.05) is 0 Å². The number of aliphatic hydroxyl groups excluding tert-OH is 7. The lowest BCUT2D eigenvalue weighted by Crippen LogP contribution is -2.64. The molecule has 0 amide bonds. The van der Waals surface area contributed by atoms with E-state index in [1.165, 1.54) is 0 Å². The SMILES string of the molecule is CCOC(=O)SC1O[C@H](CO)[C@@H](OC2O[C@H](CO)[C@H](O)[C@H](O)[C@H]2O)[C@H](O)[C@H]1O. The van der Waals surface area contributed by atoms with Crippen LogP contribution in [-0.2, 0) is 18.9 Å². The van der Waals surface area contributed by atoms with Gasteiger partial charge >= 0.3 is 5.30 Å². The van der Waals surface area contributed by atoms with E-state index in [4.69, 9.17) is 18.9 Å². The van der Waals surface area contributed by atoms with Gasteiger partial charge in [0.25, 0.3) is 0 Å². The summed E-state index contributed by atoms with van der Waals surface area (Å²) < 4.78 is 20.7. The number of ether oxygens (including phenoxy) is 4. The Hall–Kier alpha value is -0.580. The maximum Gasteiger partial charge on any atom is 0.369 e. The minimum Gasteiger partial charge on any atom is -0.458 e. The Bertz CT molecular complexity index is 505. The van der Waals surface area contributed by atoms with E-state index in [9.17, 15) is 40.5 Å². The molecule has 0 aromatic rings. The fourth-order valence-electron chi connectivity index (χ4n) is 2.90. The van der Waals surface area contributed by atoms with Gasteiger partial charge in [-0.15, -0.1) is 0 Å². The van der Waals surface area contributed by atoms with E-state index in [1.807, 2.05) is 0 Å². The van der Waals surface area contributed by atoms with Gasteiger partial charge < -0.3 is 54.7 Å². The Labute approximate surface area is 164 Å². The van der Waals surface area contributed by atoms with Gasteiger partial charge in [0.05, 0.1) is 19.8 Å². The monoisotopic (exact) mass is 430 g/mol. The Morgan fingerprint density at radius 2 is 1.54 bits per heavy atom. The molecule has 13 heteroatoms. The van der Waals surface area contributed by atoms with Crippen LogP contribution in [0.5, 0.6) is 0 Å². The van der Waals surface area contributed by atoms with Crippen molar-refractivity contribution in [1.82, 2.24) is 0 Å². The first-order valence-electron chi connectivity index (χ1n) is 8.66. The summed E-state index contributed by atoms with van der Waals surface area (Å²) in [4.78, 5) is 11.6. The van der Waals surface area contributed by atoms with Crippen molar-refractivity contribution in [2.24, 2.45) is 0 Å². The van der Waals surface area contributed by atoms with Crippen molar-refractivity contribution in [3.63, 3.8) is 0 Å². The van der Waals surface area contributed by atoms with Gasteiger partial charge in [-0.2, -0.15) is 0 Å². The van der Waals surface area contributed by atoms with E-state index in [-0.39, 0.29) is 6.61 Å². The molecule has 0 saturated carbocycles. The van der Waals surface area contributed by atoms with Gasteiger partial charge in [-0.3, -0.25) is 0 Å². The van der Waals surface area contributed by atoms with Crippen LogP contribution in [0.2, 0.25) is 0 Å². The van der Waals surface area contributed by atoms with E-state index >= 15 is 0 Å². The Kier molecular flexibility index (Phi) is 8.84. The van der Waals surface area contributed by atoms with E-state index in [0.717, 1.165) is 0 Å². The Balaban J connectivity index is 2.09. The molecule has 2 aliphatic rings. The summed E-state index contributed by atoms with van der Waals surface area (Å²) in [5, 5.41) is 68.3. The van der Waals surface area contributed by atoms with E-state index in [0.29, 0.717) is 11.8 Å². The highest BCUT2D eigenvalue weighted by Gasteiger charge is 2.50. The molecule has 0 aromatic heterocycles. The average molecular weight is 430 g/mol. The Morgan fingerprint density at radius 3 is 2.11 bits per heavy atom. The molecule has 2 heterocycles. The number of aliphatic hydroxyl groups is 7. The van der Waals surface area contributed by atoms with Gasteiger partial charge in [0.1, 0.15) is 54.3 Å². The molecule has 2 rings (SSSR count). The normalized spacial score (nSPS) is 44.3. The van der Waals surface area contributed by atoms with Crippen molar-refractivity contribution in [2.75, 3.05) is 19.8 Å². The first-order valence-corrected chi connectivity index (χ1v) is 9.54. The van der Waals surface area contributed by atoms with E-state index in [2.05, 4.69) is 0 Å². The second-order valence-corrected chi connectivity index (χ2v) is 7.34. The molecule has 0 bridgehead atoms. The zero-order chi connectivity index (χ0) is 21.0. The van der Waals surface area contributed by atoms with Crippen LogP contribution < -0.4 is 0 Å². The second-order valence-electron chi connectivity index (χ2n) is 6.31. The van der Waals surface area contributed by atoms with E-state index < -0.39 is 79.1 Å². The predicted molar refractivity (Wildman–Crippen MR) is 91.0 cm³/mol. The maximum absolute atomic E-state index is 11.6. The molecule has 0 spiro atoms. The van der Waals surface area contributed by atoms with Crippen LogP contribution in [-0.4, -0.2) is 121 Å². The molecule has 2 saturated heterocycles. The Morgan fingerprint density at radius 1 is 0.893 bits per heavy atom. The third-order valence-corrected chi connectivity index (χ3v) is 5.37. The molecule has 10 atom stereocenters. The second kappa shape index (κ2) is 10.4. The van der Waals surface area contributed by atoms with Crippen molar-refractivity contribution in [3.05, 3.63) is 0 Å². The van der Waals surface area contributed by atoms with Crippen molar-refractivity contribution in [3.8, 4) is 0 Å². The van der Waals surface area contributed by atoms with Gasteiger partial charge in [-0.25, -0.2) is 4.79 Å². The molecule has 12 nitrogen and oxygen atoms in total. The summed E-state index contributed by atoms with van der Waals surface area (Å²) in [6.45, 7) is 0.334. The maximum atomic E-state index is 11.6. The minimum absolute atomic E-state index is 0.101. The smallest absolute Gasteiger partial charge is 0.369 e. The zero-order valence-electron chi connectivity index (χ0n) is 15.0. The first-order chi connectivity index (χ1) is 13.2. The minimum atomic E-state index is -1.74. The van der Waals surface area contributed by atoms with Crippen LogP contribution in [0.1, 0.15) is 6.92 Å². The van der Waals surface area contributed by atoms with Crippen LogP contribution in [0.15, 0.2) is 0 Å². The predicted octanol–water partition coefficient (Wildman–Crippen LogP) is -3.50. The summed E-state index contributed by atoms with van der Waals surface area (Å²) in [5.41, 5.74) is -1.25. The lowest BCUT2D eigenvalue weighted by atomic mass is 9.97. The highest BCUT2D eigenvalue weighted by molar-refractivity contribution is 8.13. The third kappa shape index (κ3) is 5.12. The van der Waals surface area contributed by atoms with Crippen LogP contribution in [0.4, 0.5) is 4.79 Å². The average Bonchev–Trinajstić information content (AvgIpc) is 2.67. The number of carbonyl (C=O) groups excluding carboxylic acids is 1. The molecule has 2 unspecified atom stereocenters. The number of rotatable bonds is 6. The van der Waals surface area contributed by atoms with Gasteiger partial charge in [0.15, 0.2) is 6.29 Å². The molecule has 2 aliphatic heterocycles. The number of carbonyl (C=O) groups is 1. The van der Waals surface area contributed by atoms with Crippen LogP contribution in [0, 0.1) is 0 Å². The van der Waals surface area contributed by atoms with Crippen molar-refractivity contribution >= 4 is 17.1 Å².